The average molecular weight is 659 g/mol. The van der Waals surface area contributed by atoms with Gasteiger partial charge in [-0.1, -0.05) is 45.0 Å². The Bertz CT molecular complexity index is 1860. The SMILES string of the molecule is Cc1cccc(C)c1-c1cc2nc(n1)NS(=O)(=O)c1cccc(c1)C(=O)N(Cc1cc(C3CCOCC3)n[nH]1)[C@H](CC(C)(C)C)CO2. The number of hydrogen-bond donors (Lipinski definition) is 2. The molecule has 2 aliphatic heterocycles. The Balaban J connectivity index is 1.45. The van der Waals surface area contributed by atoms with Crippen LogP contribution in [0, 0.1) is 19.3 Å². The first kappa shape index (κ1) is 32.6. The molecule has 2 aromatic heterocycles. The molecule has 47 heavy (non-hydrogen) atoms. The van der Waals surface area contributed by atoms with Gasteiger partial charge in [0, 0.05) is 36.3 Å². The molecule has 0 radical (unpaired) electrons. The Morgan fingerprint density at radius 2 is 1.70 bits per heavy atom. The maximum atomic E-state index is 14.4. The molecule has 0 unspecified atom stereocenters. The number of ether oxygens (including phenoxy) is 2. The molecule has 4 aromatic rings. The van der Waals surface area contributed by atoms with Crippen LogP contribution in [0.2, 0.25) is 0 Å². The summed E-state index contributed by atoms with van der Waals surface area (Å²) in [4.78, 5) is 25.2. The summed E-state index contributed by atoms with van der Waals surface area (Å²) in [6.07, 6.45) is 2.40. The first-order chi connectivity index (χ1) is 22.4. The standard InChI is InChI=1S/C35H42N6O5S/c1-22-8-6-9-23(2)32(22)30-18-31-37-34(36-30)40-47(43,44)28-11-7-10-25(16-28)33(42)41(27(21-46-31)19-35(3,4)5)20-26-17-29(39-38-26)24-12-14-45-15-13-24/h6-11,16-18,24,27H,12-15,19-21H2,1-5H3,(H,38,39)(H,36,37,40)/t27-/m1/s1. The highest BCUT2D eigenvalue weighted by Gasteiger charge is 2.32. The Hall–Kier alpha value is -4.29. The molecule has 1 fully saturated rings. The second-order valence-electron chi connectivity index (χ2n) is 13.7. The largest absolute Gasteiger partial charge is 0.475 e. The van der Waals surface area contributed by atoms with Crippen LogP contribution in [0.15, 0.2) is 59.5 Å². The molecule has 2 aliphatic rings. The fourth-order valence-electron chi connectivity index (χ4n) is 6.39. The monoisotopic (exact) mass is 658 g/mol. The smallest absolute Gasteiger partial charge is 0.264 e. The van der Waals surface area contributed by atoms with Crippen molar-refractivity contribution in [3.8, 4) is 17.1 Å². The Kier molecular flexibility index (Phi) is 9.08. The van der Waals surface area contributed by atoms with Crippen LogP contribution in [-0.4, -0.2) is 65.3 Å². The number of nitrogens with zero attached hydrogens (tertiary/aromatic N) is 4. The molecular formula is C35H42N6O5S. The number of carbonyl (C=O) groups excluding carboxylic acids is 1. The lowest BCUT2D eigenvalue weighted by molar-refractivity contribution is 0.0509. The van der Waals surface area contributed by atoms with Gasteiger partial charge in [-0.2, -0.15) is 10.1 Å². The maximum Gasteiger partial charge on any atom is 0.264 e. The van der Waals surface area contributed by atoms with E-state index in [1.54, 1.807) is 23.1 Å². The molecule has 0 spiro atoms. The molecule has 0 aliphatic carbocycles. The second-order valence-corrected chi connectivity index (χ2v) is 15.4. The lowest BCUT2D eigenvalue weighted by Crippen LogP contribution is -2.45. The van der Waals surface area contributed by atoms with Crippen molar-refractivity contribution >= 4 is 21.9 Å². The number of H-pyrrole nitrogens is 1. The number of benzene rings is 2. The predicted molar refractivity (Wildman–Crippen MR) is 179 cm³/mol. The molecule has 1 amide bonds. The summed E-state index contributed by atoms with van der Waals surface area (Å²) >= 11 is 0. The fraction of sp³-hybridized carbons (Fsp3) is 0.429. The van der Waals surface area contributed by atoms with E-state index in [1.165, 1.54) is 12.1 Å². The number of aromatic nitrogens is 4. The maximum absolute atomic E-state index is 14.4. The zero-order valence-corrected chi connectivity index (χ0v) is 28.4. The number of rotatable bonds is 5. The molecule has 4 bridgehead atoms. The third kappa shape index (κ3) is 7.49. The zero-order chi connectivity index (χ0) is 33.3. The fourth-order valence-corrected chi connectivity index (χ4v) is 7.38. The van der Waals surface area contributed by atoms with Crippen molar-refractivity contribution in [3.63, 3.8) is 0 Å². The topological polar surface area (TPSA) is 139 Å². The zero-order valence-electron chi connectivity index (χ0n) is 27.5. The van der Waals surface area contributed by atoms with Gasteiger partial charge in [-0.25, -0.2) is 18.1 Å². The number of sulfonamides is 1. The van der Waals surface area contributed by atoms with E-state index in [0.29, 0.717) is 31.2 Å². The molecular weight excluding hydrogens is 616 g/mol. The van der Waals surface area contributed by atoms with Crippen LogP contribution < -0.4 is 9.46 Å². The first-order valence-corrected chi connectivity index (χ1v) is 17.5. The number of anilines is 1. The minimum Gasteiger partial charge on any atom is -0.475 e. The lowest BCUT2D eigenvalue weighted by atomic mass is 9.87. The van der Waals surface area contributed by atoms with Crippen LogP contribution in [0.5, 0.6) is 5.88 Å². The number of carbonyl (C=O) groups is 1. The molecule has 248 valence electrons. The van der Waals surface area contributed by atoms with Gasteiger partial charge in [-0.05, 0) is 73.9 Å². The number of aromatic amines is 1. The summed E-state index contributed by atoms with van der Waals surface area (Å²) in [7, 11) is -4.16. The summed E-state index contributed by atoms with van der Waals surface area (Å²) in [5, 5.41) is 7.76. The second kappa shape index (κ2) is 13.1. The molecule has 1 saturated heterocycles. The van der Waals surface area contributed by atoms with Gasteiger partial charge in [0.2, 0.25) is 11.8 Å². The Labute approximate surface area is 276 Å². The average Bonchev–Trinajstić information content (AvgIpc) is 3.50. The number of amides is 1. The molecule has 11 nitrogen and oxygen atoms in total. The van der Waals surface area contributed by atoms with E-state index < -0.39 is 16.1 Å². The van der Waals surface area contributed by atoms with Crippen molar-refractivity contribution in [3.05, 3.63) is 82.7 Å². The quantitative estimate of drug-likeness (QED) is 0.266. The Morgan fingerprint density at radius 1 is 0.979 bits per heavy atom. The number of fused-ring (bicyclic) bond motifs is 4. The van der Waals surface area contributed by atoms with Crippen molar-refractivity contribution < 1.29 is 22.7 Å². The van der Waals surface area contributed by atoms with E-state index in [9.17, 15) is 13.2 Å². The molecule has 12 heteroatoms. The van der Waals surface area contributed by atoms with E-state index >= 15 is 0 Å². The van der Waals surface area contributed by atoms with Crippen molar-refractivity contribution in [2.45, 2.75) is 77.3 Å². The van der Waals surface area contributed by atoms with Crippen molar-refractivity contribution in [2.24, 2.45) is 5.41 Å². The predicted octanol–water partition coefficient (Wildman–Crippen LogP) is 6.02. The summed E-state index contributed by atoms with van der Waals surface area (Å²) in [5.41, 5.74) is 5.19. The van der Waals surface area contributed by atoms with Gasteiger partial charge in [-0.3, -0.25) is 9.89 Å². The molecule has 6 rings (SSSR count). The first-order valence-electron chi connectivity index (χ1n) is 16.0. The Morgan fingerprint density at radius 3 is 2.43 bits per heavy atom. The van der Waals surface area contributed by atoms with Gasteiger partial charge in [0.15, 0.2) is 0 Å². The van der Waals surface area contributed by atoms with E-state index in [2.05, 4.69) is 45.7 Å². The van der Waals surface area contributed by atoms with E-state index in [0.717, 1.165) is 40.9 Å². The van der Waals surface area contributed by atoms with E-state index in [4.69, 9.17) is 9.47 Å². The molecule has 2 N–H and O–H groups in total. The van der Waals surface area contributed by atoms with Crippen LogP contribution in [0.1, 0.15) is 78.8 Å². The summed E-state index contributed by atoms with van der Waals surface area (Å²) in [6.45, 7) is 12.1. The van der Waals surface area contributed by atoms with Gasteiger partial charge in [-0.15, -0.1) is 0 Å². The van der Waals surface area contributed by atoms with Gasteiger partial charge in [0.05, 0.1) is 34.6 Å². The van der Waals surface area contributed by atoms with Gasteiger partial charge in [0.1, 0.15) is 6.61 Å². The van der Waals surface area contributed by atoms with Crippen LogP contribution in [0.4, 0.5) is 5.95 Å². The molecule has 1 atom stereocenters. The molecule has 4 heterocycles. The minimum absolute atomic E-state index is 0.0678. The van der Waals surface area contributed by atoms with E-state index in [1.807, 2.05) is 38.1 Å². The minimum atomic E-state index is -4.16. The summed E-state index contributed by atoms with van der Waals surface area (Å²) in [5.74, 6) is 0.0745. The summed E-state index contributed by atoms with van der Waals surface area (Å²) < 4.78 is 41.8. The third-order valence-corrected chi connectivity index (χ3v) is 9.99. The van der Waals surface area contributed by atoms with Gasteiger partial charge in [0.25, 0.3) is 15.9 Å². The summed E-state index contributed by atoms with van der Waals surface area (Å²) in [6, 6.07) is 15.4. The van der Waals surface area contributed by atoms with Crippen molar-refractivity contribution in [2.75, 3.05) is 24.5 Å². The van der Waals surface area contributed by atoms with Gasteiger partial charge < -0.3 is 14.4 Å². The lowest BCUT2D eigenvalue weighted by Gasteiger charge is -2.35. The highest BCUT2D eigenvalue weighted by molar-refractivity contribution is 7.92. The van der Waals surface area contributed by atoms with Crippen molar-refractivity contribution in [1.82, 2.24) is 25.1 Å². The number of nitrogens with one attached hydrogen (secondary N) is 2. The van der Waals surface area contributed by atoms with Crippen LogP contribution >= 0.6 is 0 Å². The van der Waals surface area contributed by atoms with Crippen LogP contribution in [-0.2, 0) is 21.3 Å². The highest BCUT2D eigenvalue weighted by atomic mass is 32.2. The highest BCUT2D eigenvalue weighted by Crippen LogP contribution is 2.32. The van der Waals surface area contributed by atoms with Crippen molar-refractivity contribution in [1.29, 1.82) is 0 Å². The van der Waals surface area contributed by atoms with E-state index in [-0.39, 0.29) is 46.8 Å². The van der Waals surface area contributed by atoms with Gasteiger partial charge >= 0.3 is 0 Å². The number of hydrogen-bond acceptors (Lipinski definition) is 8. The molecule has 0 saturated carbocycles. The third-order valence-electron chi connectivity index (χ3n) is 8.66. The normalized spacial score (nSPS) is 18.8. The van der Waals surface area contributed by atoms with Crippen LogP contribution in [0.25, 0.3) is 11.3 Å². The van der Waals surface area contributed by atoms with Crippen LogP contribution in [0.3, 0.4) is 0 Å². The number of aryl methyl sites for hydroxylation is 2. The molecule has 2 aromatic carbocycles.